The summed E-state index contributed by atoms with van der Waals surface area (Å²) in [4.78, 5) is 30.0. The summed E-state index contributed by atoms with van der Waals surface area (Å²) in [5.41, 5.74) is 0. The van der Waals surface area contributed by atoms with Gasteiger partial charge in [-0.2, -0.15) is 0 Å². The predicted octanol–water partition coefficient (Wildman–Crippen LogP) is 1.10. The average molecular weight is 256 g/mol. The van der Waals surface area contributed by atoms with Crippen LogP contribution in [0.15, 0.2) is 30.5 Å². The first-order valence-electron chi connectivity index (χ1n) is 6.38. The zero-order valence-corrected chi connectivity index (χ0v) is 10.1. The number of anilines is 1. The minimum absolute atomic E-state index is 0.0614. The Labute approximate surface area is 109 Å². The van der Waals surface area contributed by atoms with Crippen molar-refractivity contribution in [3.05, 3.63) is 30.5 Å². The van der Waals surface area contributed by atoms with E-state index in [0.717, 1.165) is 11.3 Å². The van der Waals surface area contributed by atoms with Crippen LogP contribution in [-0.2, 0) is 9.59 Å². The average Bonchev–Trinajstić information content (AvgIpc) is 3.06. The van der Waals surface area contributed by atoms with Crippen molar-refractivity contribution in [3.8, 4) is 5.75 Å². The highest BCUT2D eigenvalue weighted by Crippen LogP contribution is 2.53. The van der Waals surface area contributed by atoms with Gasteiger partial charge in [0.15, 0.2) is 11.6 Å². The molecule has 3 aliphatic rings. The second-order valence-corrected chi connectivity index (χ2v) is 5.36. The van der Waals surface area contributed by atoms with Crippen LogP contribution >= 0.6 is 0 Å². The second-order valence-electron chi connectivity index (χ2n) is 5.36. The molecule has 1 aromatic rings. The van der Waals surface area contributed by atoms with Crippen molar-refractivity contribution in [1.82, 2.24) is 4.98 Å². The fourth-order valence-electron chi connectivity index (χ4n) is 3.67. The predicted molar refractivity (Wildman–Crippen MR) is 66.1 cm³/mol. The lowest BCUT2D eigenvalue weighted by atomic mass is 9.85. The molecule has 1 saturated carbocycles. The minimum atomic E-state index is -0.260. The summed E-state index contributed by atoms with van der Waals surface area (Å²) in [5, 5.41) is 9.79. The van der Waals surface area contributed by atoms with Gasteiger partial charge in [0.1, 0.15) is 0 Å². The van der Waals surface area contributed by atoms with Crippen molar-refractivity contribution in [2.24, 2.45) is 23.7 Å². The van der Waals surface area contributed by atoms with E-state index in [1.54, 1.807) is 6.07 Å². The molecular weight excluding hydrogens is 244 g/mol. The van der Waals surface area contributed by atoms with E-state index in [9.17, 15) is 14.7 Å². The van der Waals surface area contributed by atoms with E-state index in [-0.39, 0.29) is 47.1 Å². The van der Waals surface area contributed by atoms with Crippen LogP contribution in [0.3, 0.4) is 0 Å². The molecule has 0 spiro atoms. The molecule has 1 saturated heterocycles. The molecule has 96 valence electrons. The van der Waals surface area contributed by atoms with E-state index in [4.69, 9.17) is 0 Å². The molecule has 2 amide bonds. The monoisotopic (exact) mass is 256 g/mol. The second kappa shape index (κ2) is 3.44. The molecular formula is C14H12N2O3. The molecule has 2 aliphatic carbocycles. The highest BCUT2D eigenvalue weighted by molar-refractivity contribution is 6.22. The number of hydrogen-bond donors (Lipinski definition) is 1. The molecule has 4 rings (SSSR count). The highest BCUT2D eigenvalue weighted by Gasteiger charge is 2.60. The molecule has 1 aliphatic heterocycles. The van der Waals surface area contributed by atoms with Crippen molar-refractivity contribution >= 4 is 17.6 Å². The molecule has 1 aromatic heterocycles. The van der Waals surface area contributed by atoms with Crippen LogP contribution in [0.5, 0.6) is 5.75 Å². The third-order valence-electron chi connectivity index (χ3n) is 4.45. The Morgan fingerprint density at radius 2 is 1.79 bits per heavy atom. The standard InChI is InChI=1S/C14H12N2O3/c17-9-2-1-5-15-12(9)16-13(18)10-7-3-4-8(6-7)11(10)14(16)19/h1-5,7-8,10-11,17H,6H2/t7-,8-,10-,11-/m0/s1. The fourth-order valence-corrected chi connectivity index (χ4v) is 3.67. The number of imide groups is 1. The van der Waals surface area contributed by atoms with Gasteiger partial charge in [0.2, 0.25) is 11.8 Å². The van der Waals surface area contributed by atoms with E-state index >= 15 is 0 Å². The Kier molecular flexibility index (Phi) is 1.94. The van der Waals surface area contributed by atoms with Crippen molar-refractivity contribution in [1.29, 1.82) is 0 Å². The molecule has 2 fully saturated rings. The third-order valence-corrected chi connectivity index (χ3v) is 4.45. The molecule has 1 N–H and O–H groups in total. The first-order valence-corrected chi connectivity index (χ1v) is 6.38. The molecule has 4 atom stereocenters. The van der Waals surface area contributed by atoms with Gasteiger partial charge in [0.25, 0.3) is 0 Å². The number of aromatic nitrogens is 1. The maximum Gasteiger partial charge on any atom is 0.239 e. The molecule has 5 heteroatoms. The SMILES string of the molecule is O=C1[C@@H]2[C@@H](C(=O)N1c1ncccc1O)[C@H]1C=C[C@H]2C1. The van der Waals surface area contributed by atoms with Crippen LogP contribution < -0.4 is 4.90 Å². The van der Waals surface area contributed by atoms with E-state index in [1.165, 1.54) is 12.3 Å². The Balaban J connectivity index is 1.79. The van der Waals surface area contributed by atoms with Crippen LogP contribution in [0.1, 0.15) is 6.42 Å². The van der Waals surface area contributed by atoms with Gasteiger partial charge < -0.3 is 5.11 Å². The molecule has 0 aromatic carbocycles. The normalized spacial score (nSPS) is 35.3. The number of carbonyl (C=O) groups is 2. The number of nitrogens with zero attached hydrogens (tertiary/aromatic N) is 2. The third kappa shape index (κ3) is 1.22. The van der Waals surface area contributed by atoms with Gasteiger partial charge in [0.05, 0.1) is 11.8 Å². The Morgan fingerprint density at radius 3 is 2.37 bits per heavy atom. The zero-order valence-electron chi connectivity index (χ0n) is 10.1. The smallest absolute Gasteiger partial charge is 0.239 e. The number of pyridine rings is 1. The Bertz CT molecular complexity index is 595. The molecule has 5 nitrogen and oxygen atoms in total. The summed E-state index contributed by atoms with van der Waals surface area (Å²) in [5.74, 6) is -0.699. The lowest BCUT2D eigenvalue weighted by Crippen LogP contribution is -2.33. The maximum absolute atomic E-state index is 12.5. The molecule has 2 bridgehead atoms. The number of allylic oxidation sites excluding steroid dienone is 2. The summed E-state index contributed by atoms with van der Waals surface area (Å²) < 4.78 is 0. The topological polar surface area (TPSA) is 70.5 Å². The number of rotatable bonds is 1. The van der Waals surface area contributed by atoms with E-state index in [0.29, 0.717) is 0 Å². The molecule has 0 unspecified atom stereocenters. The molecule has 0 radical (unpaired) electrons. The van der Waals surface area contributed by atoms with E-state index in [1.807, 2.05) is 12.2 Å². The van der Waals surface area contributed by atoms with Gasteiger partial charge in [-0.05, 0) is 30.4 Å². The summed E-state index contributed by atoms with van der Waals surface area (Å²) in [6.45, 7) is 0. The highest BCUT2D eigenvalue weighted by atomic mass is 16.3. The van der Waals surface area contributed by atoms with Crippen molar-refractivity contribution in [2.45, 2.75) is 6.42 Å². The first-order chi connectivity index (χ1) is 9.18. The fraction of sp³-hybridized carbons (Fsp3) is 0.357. The van der Waals surface area contributed by atoms with E-state index in [2.05, 4.69) is 4.98 Å². The zero-order chi connectivity index (χ0) is 13.1. The number of carbonyl (C=O) groups excluding carboxylic acids is 2. The summed E-state index contributed by atoms with van der Waals surface area (Å²) >= 11 is 0. The van der Waals surface area contributed by atoms with Gasteiger partial charge in [-0.15, -0.1) is 0 Å². The Morgan fingerprint density at radius 1 is 1.16 bits per heavy atom. The van der Waals surface area contributed by atoms with Crippen molar-refractivity contribution in [2.75, 3.05) is 4.90 Å². The van der Waals surface area contributed by atoms with Gasteiger partial charge in [-0.3, -0.25) is 9.59 Å². The summed E-state index contributed by atoms with van der Waals surface area (Å²) in [7, 11) is 0. The van der Waals surface area contributed by atoms with Gasteiger partial charge in [0, 0.05) is 6.20 Å². The van der Waals surface area contributed by atoms with Gasteiger partial charge in [-0.1, -0.05) is 12.2 Å². The molecule has 19 heavy (non-hydrogen) atoms. The van der Waals surface area contributed by atoms with Gasteiger partial charge in [-0.25, -0.2) is 9.88 Å². The van der Waals surface area contributed by atoms with Crippen LogP contribution in [0.25, 0.3) is 0 Å². The van der Waals surface area contributed by atoms with Crippen LogP contribution in [0.2, 0.25) is 0 Å². The van der Waals surface area contributed by atoms with Crippen molar-refractivity contribution in [3.63, 3.8) is 0 Å². The molecule has 2 heterocycles. The Hall–Kier alpha value is -2.17. The van der Waals surface area contributed by atoms with E-state index < -0.39 is 0 Å². The number of aromatic hydroxyl groups is 1. The summed E-state index contributed by atoms with van der Waals surface area (Å²) in [6.07, 6.45) is 6.45. The van der Waals surface area contributed by atoms with Crippen LogP contribution in [0.4, 0.5) is 5.82 Å². The maximum atomic E-state index is 12.5. The lowest BCUT2D eigenvalue weighted by Gasteiger charge is -2.16. The first kappa shape index (κ1) is 10.7. The van der Waals surface area contributed by atoms with Crippen LogP contribution in [-0.4, -0.2) is 21.9 Å². The summed E-state index contributed by atoms with van der Waals surface area (Å²) in [6, 6.07) is 3.00. The number of amides is 2. The quantitative estimate of drug-likeness (QED) is 0.603. The van der Waals surface area contributed by atoms with Crippen LogP contribution in [0, 0.1) is 23.7 Å². The minimum Gasteiger partial charge on any atom is -0.504 e. The number of fused-ring (bicyclic) bond motifs is 5. The lowest BCUT2D eigenvalue weighted by molar-refractivity contribution is -0.123. The number of hydrogen-bond acceptors (Lipinski definition) is 4. The largest absolute Gasteiger partial charge is 0.504 e. The van der Waals surface area contributed by atoms with Crippen molar-refractivity contribution < 1.29 is 14.7 Å². The van der Waals surface area contributed by atoms with Gasteiger partial charge >= 0.3 is 0 Å².